The molecule has 162 valence electrons. The first kappa shape index (κ1) is 22.7. The number of amides is 1. The van der Waals surface area contributed by atoms with Crippen LogP contribution in [-0.2, 0) is 9.59 Å². The molecule has 0 N–H and O–H groups in total. The molecule has 0 saturated carbocycles. The molecule has 0 aliphatic heterocycles. The third-order valence-corrected chi connectivity index (χ3v) is 4.93. The number of nitrogens with zero attached hydrogens (tertiary/aromatic N) is 3. The Balaban J connectivity index is 1.76. The predicted octanol–water partition coefficient (Wildman–Crippen LogP) is 4.86. The number of rotatable bonds is 7. The Morgan fingerprint density at radius 2 is 2.03 bits per heavy atom. The molecule has 3 rings (SSSR count). The summed E-state index contributed by atoms with van der Waals surface area (Å²) in [5.41, 5.74) is 0.867. The third-order valence-electron chi connectivity index (χ3n) is 4.08. The molecule has 0 saturated heterocycles. The van der Waals surface area contributed by atoms with Crippen LogP contribution in [0.4, 0.5) is 15.2 Å². The fraction of sp³-hybridized carbons (Fsp3) is 0.130. The molecule has 0 radical (unpaired) electrons. The highest BCUT2D eigenvalue weighted by molar-refractivity contribution is 7.14. The van der Waals surface area contributed by atoms with Crippen molar-refractivity contribution in [1.29, 1.82) is 5.26 Å². The Bertz CT molecular complexity index is 1220. The number of benzene rings is 2. The van der Waals surface area contributed by atoms with Crippen molar-refractivity contribution in [1.82, 2.24) is 4.98 Å². The molecule has 2 aromatic carbocycles. The van der Waals surface area contributed by atoms with Gasteiger partial charge in [-0.3, -0.25) is 9.69 Å². The van der Waals surface area contributed by atoms with Gasteiger partial charge in [0.15, 0.2) is 16.6 Å². The summed E-state index contributed by atoms with van der Waals surface area (Å²) >= 11 is 1.13. The third kappa shape index (κ3) is 5.36. The topological polar surface area (TPSA) is 92.5 Å². The molecule has 1 heterocycles. The van der Waals surface area contributed by atoms with Crippen molar-refractivity contribution in [2.75, 3.05) is 11.5 Å². The van der Waals surface area contributed by atoms with E-state index in [1.165, 1.54) is 60.4 Å². The smallest absolute Gasteiger partial charge is 0.336 e. The van der Waals surface area contributed by atoms with Gasteiger partial charge >= 0.3 is 5.97 Å². The number of anilines is 2. The van der Waals surface area contributed by atoms with Gasteiger partial charge in [0.1, 0.15) is 5.82 Å². The summed E-state index contributed by atoms with van der Waals surface area (Å²) in [5.74, 6) is -1.16. The number of nitriles is 1. The summed E-state index contributed by atoms with van der Waals surface area (Å²) in [6, 6.07) is 12.4. The molecule has 3 aromatic rings. The molecule has 0 spiro atoms. The lowest BCUT2D eigenvalue weighted by atomic mass is 10.2. The summed E-state index contributed by atoms with van der Waals surface area (Å²) in [4.78, 5) is 29.8. The highest BCUT2D eigenvalue weighted by Gasteiger charge is 2.20. The van der Waals surface area contributed by atoms with Crippen LogP contribution in [-0.4, -0.2) is 23.5 Å². The molecular weight excluding hydrogens is 433 g/mol. The van der Waals surface area contributed by atoms with Gasteiger partial charge in [-0.2, -0.15) is 5.26 Å². The zero-order chi connectivity index (χ0) is 23.1. The lowest BCUT2D eigenvalue weighted by molar-refractivity contribution is -0.129. The quantitative estimate of drug-likeness (QED) is 0.289. The zero-order valence-electron chi connectivity index (χ0n) is 17.2. The summed E-state index contributed by atoms with van der Waals surface area (Å²) in [7, 11) is 0. The lowest BCUT2D eigenvalue weighted by Gasteiger charge is -2.18. The number of hydrogen-bond acceptors (Lipinski definition) is 7. The summed E-state index contributed by atoms with van der Waals surface area (Å²) < 4.78 is 24.9. The van der Waals surface area contributed by atoms with Crippen LogP contribution in [0.2, 0.25) is 0 Å². The minimum atomic E-state index is -0.678. The average molecular weight is 451 g/mol. The largest absolute Gasteiger partial charge is 0.490 e. The van der Waals surface area contributed by atoms with Gasteiger partial charge < -0.3 is 9.47 Å². The molecule has 9 heteroatoms. The number of ether oxygens (including phenoxy) is 2. The maximum absolute atomic E-state index is 14.2. The molecule has 0 unspecified atom stereocenters. The van der Waals surface area contributed by atoms with E-state index in [0.29, 0.717) is 17.9 Å². The van der Waals surface area contributed by atoms with Crippen LogP contribution in [0, 0.1) is 17.1 Å². The van der Waals surface area contributed by atoms with Crippen molar-refractivity contribution in [3.63, 3.8) is 0 Å². The first-order valence-electron chi connectivity index (χ1n) is 9.50. The van der Waals surface area contributed by atoms with Gasteiger partial charge in [-0.15, -0.1) is 11.3 Å². The second-order valence-corrected chi connectivity index (χ2v) is 7.16. The molecule has 0 bridgehead atoms. The molecular formula is C23H18FN3O4S. The number of carbonyl (C=O) groups excluding carboxylic acids is 2. The Morgan fingerprint density at radius 3 is 2.72 bits per heavy atom. The van der Waals surface area contributed by atoms with E-state index < -0.39 is 17.7 Å². The van der Waals surface area contributed by atoms with Crippen molar-refractivity contribution >= 4 is 40.1 Å². The predicted molar refractivity (Wildman–Crippen MR) is 118 cm³/mol. The number of para-hydroxylation sites is 1. The van der Waals surface area contributed by atoms with Gasteiger partial charge in [0.2, 0.25) is 5.91 Å². The number of hydrogen-bond donors (Lipinski definition) is 0. The highest BCUT2D eigenvalue weighted by Crippen LogP contribution is 2.31. The Hall–Kier alpha value is -4.03. The van der Waals surface area contributed by atoms with E-state index in [1.807, 2.05) is 6.07 Å². The van der Waals surface area contributed by atoms with E-state index in [9.17, 15) is 14.0 Å². The second-order valence-electron chi connectivity index (χ2n) is 6.32. The van der Waals surface area contributed by atoms with E-state index in [1.54, 1.807) is 18.4 Å². The fourth-order valence-electron chi connectivity index (χ4n) is 2.72. The Kier molecular flexibility index (Phi) is 7.31. The molecule has 0 fully saturated rings. The maximum atomic E-state index is 14.2. The maximum Gasteiger partial charge on any atom is 0.336 e. The van der Waals surface area contributed by atoms with E-state index in [0.717, 1.165) is 11.3 Å². The van der Waals surface area contributed by atoms with E-state index in [2.05, 4.69) is 4.98 Å². The summed E-state index contributed by atoms with van der Waals surface area (Å²) in [6.07, 6.45) is 2.60. The Labute approximate surface area is 188 Å². The van der Waals surface area contributed by atoms with Gasteiger partial charge in [-0.1, -0.05) is 12.1 Å². The van der Waals surface area contributed by atoms with Crippen molar-refractivity contribution in [2.45, 2.75) is 13.8 Å². The normalized spacial score (nSPS) is 10.6. The van der Waals surface area contributed by atoms with Gasteiger partial charge in [0, 0.05) is 24.4 Å². The van der Waals surface area contributed by atoms with Crippen molar-refractivity contribution in [2.24, 2.45) is 0 Å². The van der Waals surface area contributed by atoms with Crippen LogP contribution >= 0.6 is 11.3 Å². The van der Waals surface area contributed by atoms with E-state index in [4.69, 9.17) is 14.7 Å². The van der Waals surface area contributed by atoms with Gasteiger partial charge in [-0.25, -0.2) is 14.2 Å². The van der Waals surface area contributed by atoms with E-state index in [-0.39, 0.29) is 22.3 Å². The van der Waals surface area contributed by atoms with Gasteiger partial charge in [0.25, 0.3) is 0 Å². The van der Waals surface area contributed by atoms with Crippen LogP contribution < -0.4 is 14.4 Å². The molecule has 7 nitrogen and oxygen atoms in total. The van der Waals surface area contributed by atoms with Crippen LogP contribution in [0.3, 0.4) is 0 Å². The number of esters is 1. The van der Waals surface area contributed by atoms with Gasteiger partial charge in [-0.05, 0) is 37.3 Å². The first-order valence-corrected chi connectivity index (χ1v) is 10.4. The molecule has 1 amide bonds. The number of halogens is 1. The van der Waals surface area contributed by atoms with Gasteiger partial charge in [0.05, 0.1) is 29.6 Å². The second kappa shape index (κ2) is 10.3. The number of thiazole rings is 1. The molecule has 0 atom stereocenters. The summed E-state index contributed by atoms with van der Waals surface area (Å²) in [6.45, 7) is 3.43. The Morgan fingerprint density at radius 1 is 1.25 bits per heavy atom. The molecule has 1 aromatic heterocycles. The van der Waals surface area contributed by atoms with Crippen molar-refractivity contribution < 1.29 is 23.5 Å². The lowest BCUT2D eigenvalue weighted by Crippen LogP contribution is -2.23. The highest BCUT2D eigenvalue weighted by atomic mass is 32.1. The molecule has 0 aliphatic carbocycles. The van der Waals surface area contributed by atoms with Crippen LogP contribution in [0.25, 0.3) is 6.08 Å². The minimum Gasteiger partial charge on any atom is -0.490 e. The molecule has 32 heavy (non-hydrogen) atoms. The van der Waals surface area contributed by atoms with Crippen LogP contribution in [0.1, 0.15) is 25.1 Å². The van der Waals surface area contributed by atoms with Crippen molar-refractivity contribution in [3.05, 3.63) is 71.0 Å². The molecule has 0 aliphatic rings. The fourth-order valence-corrected chi connectivity index (χ4v) is 3.57. The monoisotopic (exact) mass is 451 g/mol. The average Bonchev–Trinajstić information content (AvgIpc) is 3.23. The van der Waals surface area contributed by atoms with Crippen molar-refractivity contribution in [3.8, 4) is 17.6 Å². The van der Waals surface area contributed by atoms with Crippen LogP contribution in [0.15, 0.2) is 53.9 Å². The number of carbonyl (C=O) groups is 2. The standard InChI is InChI=1S/C23H18FN3O4S/c1-3-30-21-12-16(13-25)8-10-20(21)31-22(29)11-9-17-14-32-23(26-17)27(15(2)28)19-7-5-4-6-18(19)24/h4-12,14H,3H2,1-2H3/b11-9+. The first-order chi connectivity index (χ1) is 15.4. The SMILES string of the molecule is CCOc1cc(C#N)ccc1OC(=O)/C=C/c1csc(N(C(C)=O)c2ccccc2F)n1. The minimum absolute atomic E-state index is 0.0913. The zero-order valence-corrected chi connectivity index (χ0v) is 18.1. The number of aromatic nitrogens is 1. The summed E-state index contributed by atoms with van der Waals surface area (Å²) in [5, 5.41) is 10.9. The van der Waals surface area contributed by atoms with E-state index >= 15 is 0 Å². The van der Waals surface area contributed by atoms with Crippen LogP contribution in [0.5, 0.6) is 11.5 Å².